The first kappa shape index (κ1) is 31.8. The van der Waals surface area contributed by atoms with E-state index in [9.17, 15) is 41.8 Å². The van der Waals surface area contributed by atoms with Crippen molar-refractivity contribution >= 4 is 46.7 Å². The molecule has 2 aliphatic heterocycles. The first-order valence-electron chi connectivity index (χ1n) is 15.1. The number of carbonyl (C=O) groups excluding carboxylic acids is 4. The number of para-hydroxylation sites is 2. The van der Waals surface area contributed by atoms with Gasteiger partial charge in [-0.3, -0.25) is 24.2 Å². The number of amides is 4. The number of carbonyl (C=O) groups is 4. The summed E-state index contributed by atoms with van der Waals surface area (Å²) in [6, 6.07) is 13.8. The fourth-order valence-corrected chi connectivity index (χ4v) is 8.37. The molecule has 2 aromatic carbocycles. The molecule has 7 rings (SSSR count). The SMILES string of the molecule is CN(c1nc(C(F)(F)F)ccc1Cl)N1C(=O)C2CC=C3C(CC4C(=O)N(c5ccccc5)C(=O)C4(C)C3c3cccc(F)c3O)C2C1=O. The minimum Gasteiger partial charge on any atom is -0.505 e. The van der Waals surface area contributed by atoms with Crippen molar-refractivity contribution in [3.63, 3.8) is 0 Å². The lowest BCUT2D eigenvalue weighted by Gasteiger charge is -2.49. The number of phenols is 1. The maximum atomic E-state index is 14.9. The Morgan fingerprint density at radius 3 is 2.35 bits per heavy atom. The van der Waals surface area contributed by atoms with E-state index in [2.05, 4.69) is 4.98 Å². The lowest BCUT2D eigenvalue weighted by atomic mass is 9.51. The lowest BCUT2D eigenvalue weighted by molar-refractivity contribution is -0.141. The highest BCUT2D eigenvalue weighted by atomic mass is 35.5. The second-order valence-electron chi connectivity index (χ2n) is 12.7. The summed E-state index contributed by atoms with van der Waals surface area (Å²) in [5.41, 5.74) is -1.91. The number of hydrogen-bond acceptors (Lipinski definition) is 7. The van der Waals surface area contributed by atoms with Crippen LogP contribution in [0.2, 0.25) is 5.02 Å². The predicted molar refractivity (Wildman–Crippen MR) is 164 cm³/mol. The van der Waals surface area contributed by atoms with Crippen molar-refractivity contribution in [2.24, 2.45) is 29.1 Å². The van der Waals surface area contributed by atoms with Gasteiger partial charge >= 0.3 is 6.18 Å². The van der Waals surface area contributed by atoms with Crippen molar-refractivity contribution < 1.29 is 41.8 Å². The standard InChI is InChI=1S/C34H27ClF4N4O5/c1-33-21(30(46)42(32(33)48)16-7-4-3-5-8-16)15-20-17(26(33)19-9-6-10-23(36)27(19)44)11-12-18-25(20)31(47)43(29(18)45)41(2)28-22(35)13-14-24(40-28)34(37,38)39/h3-11,13-14,18,20-21,25-26,44H,12,15H2,1-2H3. The molecular formula is C34H27ClF4N4O5. The molecule has 14 heteroatoms. The highest BCUT2D eigenvalue weighted by Gasteiger charge is 2.68. The Labute approximate surface area is 276 Å². The van der Waals surface area contributed by atoms with Gasteiger partial charge in [-0.05, 0) is 56.0 Å². The minimum absolute atomic E-state index is 0.00697. The number of phenolic OH excluding ortho intramolecular Hbond substituents is 1. The molecule has 1 aromatic heterocycles. The molecular weight excluding hydrogens is 656 g/mol. The third-order valence-electron chi connectivity index (χ3n) is 10.3. The third kappa shape index (κ3) is 4.39. The minimum atomic E-state index is -4.82. The third-order valence-corrected chi connectivity index (χ3v) is 10.6. The normalized spacial score (nSPS) is 28.3. The molecule has 6 unspecified atom stereocenters. The Hall–Kier alpha value is -4.78. The van der Waals surface area contributed by atoms with Crippen LogP contribution in [0.3, 0.4) is 0 Å². The number of benzene rings is 2. The first-order chi connectivity index (χ1) is 22.7. The van der Waals surface area contributed by atoms with E-state index in [4.69, 9.17) is 11.6 Å². The van der Waals surface area contributed by atoms with Crippen LogP contribution in [0.25, 0.3) is 0 Å². The Balaban J connectivity index is 1.33. The molecule has 4 amide bonds. The van der Waals surface area contributed by atoms with Crippen LogP contribution in [0.5, 0.6) is 5.75 Å². The summed E-state index contributed by atoms with van der Waals surface area (Å²) in [6.45, 7) is 1.60. The van der Waals surface area contributed by atoms with E-state index >= 15 is 0 Å². The molecule has 3 aromatic rings. The topological polar surface area (TPSA) is 111 Å². The molecule has 6 atom stereocenters. The summed E-state index contributed by atoms with van der Waals surface area (Å²) < 4.78 is 55.4. The van der Waals surface area contributed by atoms with Crippen LogP contribution in [-0.4, -0.2) is 45.8 Å². The van der Waals surface area contributed by atoms with Crippen LogP contribution in [0.15, 0.2) is 72.3 Å². The molecule has 9 nitrogen and oxygen atoms in total. The molecule has 248 valence electrons. The molecule has 0 spiro atoms. The summed E-state index contributed by atoms with van der Waals surface area (Å²) >= 11 is 6.20. The number of aromatic nitrogens is 1. The highest BCUT2D eigenvalue weighted by molar-refractivity contribution is 6.33. The van der Waals surface area contributed by atoms with Crippen molar-refractivity contribution in [1.82, 2.24) is 9.99 Å². The van der Waals surface area contributed by atoms with Gasteiger partial charge in [-0.2, -0.15) is 18.2 Å². The van der Waals surface area contributed by atoms with Gasteiger partial charge in [0.1, 0.15) is 5.69 Å². The monoisotopic (exact) mass is 682 g/mol. The van der Waals surface area contributed by atoms with Crippen LogP contribution in [0, 0.1) is 34.9 Å². The zero-order valence-electron chi connectivity index (χ0n) is 25.4. The predicted octanol–water partition coefficient (Wildman–Crippen LogP) is 5.88. The van der Waals surface area contributed by atoms with Crippen LogP contribution in [0.1, 0.15) is 36.9 Å². The summed E-state index contributed by atoms with van der Waals surface area (Å²) in [7, 11) is 1.21. The molecule has 48 heavy (non-hydrogen) atoms. The maximum Gasteiger partial charge on any atom is 0.433 e. The van der Waals surface area contributed by atoms with Gasteiger partial charge < -0.3 is 5.11 Å². The number of pyridine rings is 1. The van der Waals surface area contributed by atoms with Gasteiger partial charge in [-0.25, -0.2) is 14.3 Å². The maximum absolute atomic E-state index is 14.9. The number of fused-ring (bicyclic) bond motifs is 4. The van der Waals surface area contributed by atoms with Crippen LogP contribution in [0.4, 0.5) is 29.1 Å². The van der Waals surface area contributed by atoms with Crippen molar-refractivity contribution in [1.29, 1.82) is 0 Å². The smallest absolute Gasteiger partial charge is 0.433 e. The Bertz CT molecular complexity index is 1940. The number of hydrogen-bond donors (Lipinski definition) is 1. The molecule has 4 aliphatic rings. The second-order valence-corrected chi connectivity index (χ2v) is 13.1. The van der Waals surface area contributed by atoms with E-state index in [1.807, 2.05) is 0 Å². The zero-order chi connectivity index (χ0) is 34.4. The van der Waals surface area contributed by atoms with E-state index in [1.165, 1.54) is 19.2 Å². The number of alkyl halides is 3. The van der Waals surface area contributed by atoms with Gasteiger partial charge in [0.25, 0.3) is 11.8 Å². The van der Waals surface area contributed by atoms with E-state index in [-0.39, 0.29) is 23.4 Å². The number of imide groups is 2. The van der Waals surface area contributed by atoms with Crippen molar-refractivity contribution in [3.8, 4) is 5.75 Å². The van der Waals surface area contributed by atoms with E-state index < -0.39 is 87.9 Å². The Kier molecular flexibility index (Phi) is 7.20. The fraction of sp³-hybridized carbons (Fsp3) is 0.324. The van der Waals surface area contributed by atoms with Gasteiger partial charge in [0.2, 0.25) is 11.8 Å². The van der Waals surface area contributed by atoms with Gasteiger partial charge in [-0.1, -0.05) is 53.6 Å². The number of nitrogens with zero attached hydrogens (tertiary/aromatic N) is 4. The highest BCUT2D eigenvalue weighted by Crippen LogP contribution is 2.64. The summed E-state index contributed by atoms with van der Waals surface area (Å²) in [6.07, 6.45) is -3.14. The van der Waals surface area contributed by atoms with Crippen molar-refractivity contribution in [2.45, 2.75) is 31.9 Å². The molecule has 3 heterocycles. The molecule has 1 N–H and O–H groups in total. The number of anilines is 2. The summed E-state index contributed by atoms with van der Waals surface area (Å²) in [5, 5.41) is 12.4. The molecule has 0 bridgehead atoms. The number of rotatable bonds is 4. The van der Waals surface area contributed by atoms with Crippen LogP contribution in [-0.2, 0) is 25.4 Å². The van der Waals surface area contributed by atoms with Crippen molar-refractivity contribution in [3.05, 3.63) is 94.4 Å². The molecule has 0 radical (unpaired) electrons. The zero-order valence-corrected chi connectivity index (χ0v) is 26.2. The van der Waals surface area contributed by atoms with Gasteiger partial charge in [0.15, 0.2) is 17.4 Å². The average molecular weight is 683 g/mol. The number of allylic oxidation sites excluding steroid dienone is 2. The van der Waals surface area contributed by atoms with E-state index in [0.717, 1.165) is 27.1 Å². The van der Waals surface area contributed by atoms with Crippen LogP contribution >= 0.6 is 11.6 Å². The van der Waals surface area contributed by atoms with Gasteiger partial charge in [0, 0.05) is 18.5 Å². The Morgan fingerprint density at radius 1 is 0.958 bits per heavy atom. The summed E-state index contributed by atoms with van der Waals surface area (Å²) in [5.74, 6) is -9.60. The van der Waals surface area contributed by atoms with Gasteiger partial charge in [-0.15, -0.1) is 0 Å². The lowest BCUT2D eigenvalue weighted by Crippen LogP contribution is -2.49. The second kappa shape index (κ2) is 10.9. The number of halogens is 5. The molecule has 2 saturated heterocycles. The van der Waals surface area contributed by atoms with E-state index in [0.29, 0.717) is 17.3 Å². The quantitative estimate of drug-likeness (QED) is 0.208. The molecule has 1 saturated carbocycles. The Morgan fingerprint density at radius 2 is 1.67 bits per heavy atom. The number of hydrazine groups is 1. The van der Waals surface area contributed by atoms with Gasteiger partial charge in [0.05, 0.1) is 33.9 Å². The molecule has 3 fully saturated rings. The van der Waals surface area contributed by atoms with Crippen LogP contribution < -0.4 is 9.91 Å². The largest absolute Gasteiger partial charge is 0.505 e. The number of aromatic hydroxyl groups is 1. The van der Waals surface area contributed by atoms with E-state index in [1.54, 1.807) is 43.3 Å². The average Bonchev–Trinajstić information content (AvgIpc) is 3.42. The summed E-state index contributed by atoms with van der Waals surface area (Å²) in [4.78, 5) is 61.3. The first-order valence-corrected chi connectivity index (χ1v) is 15.5. The molecule has 2 aliphatic carbocycles. The van der Waals surface area contributed by atoms with Crippen molar-refractivity contribution in [2.75, 3.05) is 17.0 Å². The fourth-order valence-electron chi connectivity index (χ4n) is 8.14.